The third kappa shape index (κ3) is 3.58. The number of nitrogens with one attached hydrogen (secondary N) is 1. The highest BCUT2D eigenvalue weighted by Gasteiger charge is 2.30. The number of amides is 2. The van der Waals surface area contributed by atoms with Crippen molar-refractivity contribution in [3.63, 3.8) is 0 Å². The van der Waals surface area contributed by atoms with Crippen LogP contribution in [-0.4, -0.2) is 49.4 Å². The summed E-state index contributed by atoms with van der Waals surface area (Å²) in [5.74, 6) is -0.0919. The third-order valence-electron chi connectivity index (χ3n) is 4.81. The first-order valence-electron chi connectivity index (χ1n) is 9.04. The number of fused-ring (bicyclic) bond motifs is 1. The van der Waals surface area contributed by atoms with E-state index in [1.54, 1.807) is 36.1 Å². The molecule has 0 aliphatic carbocycles. The number of nitrogens with zero attached hydrogens (tertiary/aromatic N) is 7. The van der Waals surface area contributed by atoms with E-state index in [-0.39, 0.29) is 11.7 Å². The number of anilines is 1. The first-order chi connectivity index (χ1) is 14.1. The summed E-state index contributed by atoms with van der Waals surface area (Å²) >= 11 is 0. The molecule has 3 aromatic rings. The van der Waals surface area contributed by atoms with Crippen LogP contribution in [0.3, 0.4) is 0 Å². The van der Waals surface area contributed by atoms with E-state index in [9.17, 15) is 14.9 Å². The van der Waals surface area contributed by atoms with Gasteiger partial charge in [0.1, 0.15) is 18.2 Å². The Bertz CT molecular complexity index is 1110. The number of aryl methyl sites for hydroxylation is 1. The van der Waals surface area contributed by atoms with E-state index in [1.807, 2.05) is 12.1 Å². The maximum atomic E-state index is 12.7. The summed E-state index contributed by atoms with van der Waals surface area (Å²) in [5, 5.41) is 20.3. The van der Waals surface area contributed by atoms with E-state index in [4.69, 9.17) is 0 Å². The van der Waals surface area contributed by atoms with Crippen molar-refractivity contribution in [1.82, 2.24) is 29.9 Å². The molecule has 3 heterocycles. The SMILES string of the molecule is CN1C(=O)[C@@H](NC(=O)c2ncn(Cc3ccccc3C#N)n2)CCn2nccc21. The minimum Gasteiger partial charge on any atom is -0.337 e. The van der Waals surface area contributed by atoms with Gasteiger partial charge >= 0.3 is 0 Å². The molecule has 10 heteroatoms. The Morgan fingerprint density at radius 2 is 2.17 bits per heavy atom. The fourth-order valence-corrected chi connectivity index (χ4v) is 3.28. The molecular weight excluding hydrogens is 372 g/mol. The molecule has 2 amide bonds. The molecule has 0 fully saturated rings. The second-order valence-electron chi connectivity index (χ2n) is 6.66. The van der Waals surface area contributed by atoms with E-state index in [0.29, 0.717) is 30.9 Å². The molecule has 0 spiro atoms. The van der Waals surface area contributed by atoms with Crippen LogP contribution < -0.4 is 10.2 Å². The van der Waals surface area contributed by atoms with Crippen LogP contribution in [0.4, 0.5) is 5.82 Å². The minimum atomic E-state index is -0.694. The van der Waals surface area contributed by atoms with E-state index >= 15 is 0 Å². The van der Waals surface area contributed by atoms with Crippen LogP contribution in [0.2, 0.25) is 0 Å². The Morgan fingerprint density at radius 3 is 3.00 bits per heavy atom. The number of benzene rings is 1. The molecular formula is C19H18N8O2. The normalized spacial score (nSPS) is 16.1. The first-order valence-corrected chi connectivity index (χ1v) is 9.04. The molecule has 146 valence electrons. The Kier molecular flexibility index (Phi) is 4.78. The van der Waals surface area contributed by atoms with Crippen LogP contribution >= 0.6 is 0 Å². The van der Waals surface area contributed by atoms with Crippen LogP contribution in [-0.2, 0) is 17.9 Å². The number of carbonyl (C=O) groups excluding carboxylic acids is 2. The largest absolute Gasteiger partial charge is 0.337 e. The van der Waals surface area contributed by atoms with Gasteiger partial charge in [0.2, 0.25) is 5.82 Å². The van der Waals surface area contributed by atoms with Gasteiger partial charge in [-0.05, 0) is 18.1 Å². The zero-order valence-electron chi connectivity index (χ0n) is 15.7. The van der Waals surface area contributed by atoms with Crippen LogP contribution in [0.5, 0.6) is 0 Å². The Balaban J connectivity index is 1.45. The lowest BCUT2D eigenvalue weighted by Gasteiger charge is -2.19. The second kappa shape index (κ2) is 7.55. The summed E-state index contributed by atoms with van der Waals surface area (Å²) in [4.78, 5) is 30.8. The topological polar surface area (TPSA) is 122 Å². The fourth-order valence-electron chi connectivity index (χ4n) is 3.28. The highest BCUT2D eigenvalue weighted by molar-refractivity contribution is 6.00. The average molecular weight is 390 g/mol. The van der Waals surface area contributed by atoms with E-state index < -0.39 is 11.9 Å². The van der Waals surface area contributed by atoms with Crippen LogP contribution in [0, 0.1) is 11.3 Å². The molecule has 2 aromatic heterocycles. The number of nitriles is 1. The van der Waals surface area contributed by atoms with Crippen molar-refractivity contribution in [1.29, 1.82) is 5.26 Å². The maximum Gasteiger partial charge on any atom is 0.291 e. The molecule has 4 rings (SSSR count). The van der Waals surface area contributed by atoms with E-state index in [1.165, 1.54) is 15.9 Å². The Hall–Kier alpha value is -4.00. The van der Waals surface area contributed by atoms with Crippen molar-refractivity contribution in [3.05, 3.63) is 59.8 Å². The zero-order chi connectivity index (χ0) is 20.4. The van der Waals surface area contributed by atoms with E-state index in [0.717, 1.165) is 5.56 Å². The highest BCUT2D eigenvalue weighted by atomic mass is 16.2. The lowest BCUT2D eigenvalue weighted by atomic mass is 10.1. The fraction of sp³-hybridized carbons (Fsp3) is 0.263. The van der Waals surface area contributed by atoms with Gasteiger partial charge in [-0.3, -0.25) is 14.5 Å². The van der Waals surface area contributed by atoms with Gasteiger partial charge in [-0.15, -0.1) is 5.10 Å². The quantitative estimate of drug-likeness (QED) is 0.695. The van der Waals surface area contributed by atoms with Gasteiger partial charge < -0.3 is 5.32 Å². The lowest BCUT2D eigenvalue weighted by molar-refractivity contribution is -0.120. The summed E-state index contributed by atoms with van der Waals surface area (Å²) in [6, 6.07) is 10.4. The molecule has 0 unspecified atom stereocenters. The monoisotopic (exact) mass is 390 g/mol. The summed E-state index contributed by atoms with van der Waals surface area (Å²) in [5.41, 5.74) is 1.32. The van der Waals surface area contributed by atoms with Gasteiger partial charge in [0.15, 0.2) is 0 Å². The van der Waals surface area contributed by atoms with Gasteiger partial charge in [0.25, 0.3) is 11.8 Å². The number of aromatic nitrogens is 5. The maximum absolute atomic E-state index is 12.7. The summed E-state index contributed by atoms with van der Waals surface area (Å²) in [7, 11) is 1.65. The molecule has 1 aliphatic rings. The summed E-state index contributed by atoms with van der Waals surface area (Å²) in [6.07, 6.45) is 3.48. The molecule has 0 saturated heterocycles. The summed E-state index contributed by atoms with van der Waals surface area (Å²) < 4.78 is 3.21. The highest BCUT2D eigenvalue weighted by Crippen LogP contribution is 2.19. The van der Waals surface area contributed by atoms with Crippen molar-refractivity contribution >= 4 is 17.6 Å². The number of hydrogen-bond acceptors (Lipinski definition) is 6. The molecule has 29 heavy (non-hydrogen) atoms. The smallest absolute Gasteiger partial charge is 0.291 e. The van der Waals surface area contributed by atoms with Crippen molar-refractivity contribution in [2.45, 2.75) is 25.6 Å². The lowest BCUT2D eigenvalue weighted by Crippen LogP contribution is -2.47. The number of rotatable bonds is 4. The Morgan fingerprint density at radius 1 is 1.34 bits per heavy atom. The van der Waals surface area contributed by atoms with Gasteiger partial charge in [-0.2, -0.15) is 10.4 Å². The standard InChI is InChI=1S/C19H18N8O2/c1-25-16-6-8-22-27(16)9-7-15(19(25)29)23-18(28)17-21-12-26(24-17)11-14-5-3-2-4-13(14)10-20/h2-6,8,12,15H,7,9,11H2,1H3,(H,23,28)/t15-/m0/s1. The van der Waals surface area contributed by atoms with Gasteiger partial charge in [0.05, 0.1) is 24.4 Å². The predicted octanol–water partition coefficient (Wildman–Crippen LogP) is 0.560. The number of carbonyl (C=O) groups is 2. The molecule has 1 aliphatic heterocycles. The van der Waals surface area contributed by atoms with Crippen LogP contribution in [0.25, 0.3) is 0 Å². The molecule has 1 N–H and O–H groups in total. The molecule has 0 bridgehead atoms. The zero-order valence-corrected chi connectivity index (χ0v) is 15.7. The van der Waals surface area contributed by atoms with Crippen molar-refractivity contribution in [2.24, 2.45) is 0 Å². The molecule has 1 atom stereocenters. The number of hydrogen-bond donors (Lipinski definition) is 1. The van der Waals surface area contributed by atoms with Crippen LogP contribution in [0.15, 0.2) is 42.9 Å². The summed E-state index contributed by atoms with van der Waals surface area (Å²) in [6.45, 7) is 0.826. The molecule has 0 saturated carbocycles. The van der Waals surface area contributed by atoms with Gasteiger partial charge in [-0.1, -0.05) is 18.2 Å². The molecule has 10 nitrogen and oxygen atoms in total. The predicted molar refractivity (Wildman–Crippen MR) is 102 cm³/mol. The molecule has 1 aromatic carbocycles. The second-order valence-corrected chi connectivity index (χ2v) is 6.66. The first kappa shape index (κ1) is 18.4. The van der Waals surface area contributed by atoms with Gasteiger partial charge in [0, 0.05) is 19.7 Å². The average Bonchev–Trinajstić information content (AvgIpc) is 3.38. The number of likely N-dealkylation sites (N-methyl/N-ethyl adjacent to an activating group) is 1. The minimum absolute atomic E-state index is 0.0307. The van der Waals surface area contributed by atoms with Gasteiger partial charge in [-0.25, -0.2) is 14.3 Å². The molecule has 0 radical (unpaired) electrons. The Labute approximate surface area is 166 Å². The van der Waals surface area contributed by atoms with Crippen molar-refractivity contribution in [2.75, 3.05) is 11.9 Å². The third-order valence-corrected chi connectivity index (χ3v) is 4.81. The van der Waals surface area contributed by atoms with Crippen molar-refractivity contribution in [3.8, 4) is 6.07 Å². The van der Waals surface area contributed by atoms with E-state index in [2.05, 4.69) is 26.6 Å². The van der Waals surface area contributed by atoms with Crippen molar-refractivity contribution < 1.29 is 9.59 Å². The van der Waals surface area contributed by atoms with Crippen LogP contribution in [0.1, 0.15) is 28.2 Å².